The van der Waals surface area contributed by atoms with Crippen LogP contribution in [0.5, 0.6) is 5.75 Å². The van der Waals surface area contributed by atoms with E-state index >= 15 is 0 Å². The van der Waals surface area contributed by atoms with Crippen molar-refractivity contribution in [2.45, 2.75) is 12.2 Å². The van der Waals surface area contributed by atoms with E-state index < -0.39 is 6.10 Å². The monoisotopic (exact) mass is 272 g/mol. The molecule has 0 spiro atoms. The van der Waals surface area contributed by atoms with Crippen molar-refractivity contribution in [3.05, 3.63) is 70.8 Å². The van der Waals surface area contributed by atoms with Crippen LogP contribution in [0.3, 0.4) is 0 Å². The molecule has 1 aliphatic rings. The molecule has 0 amide bonds. The SMILES string of the molecule is O[C@H]1c2ccccc2C=C[C@@H]1Oc1ccc(Cl)cc1. The number of aliphatic hydroxyl groups excluding tert-OH is 1. The molecule has 19 heavy (non-hydrogen) atoms. The Kier molecular flexibility index (Phi) is 3.28. The molecule has 2 aromatic rings. The molecule has 1 N–H and O–H groups in total. The van der Waals surface area contributed by atoms with Gasteiger partial charge in [-0.3, -0.25) is 0 Å². The van der Waals surface area contributed by atoms with Crippen LogP contribution in [-0.4, -0.2) is 11.2 Å². The Morgan fingerprint density at radius 1 is 1.00 bits per heavy atom. The number of halogens is 1. The summed E-state index contributed by atoms with van der Waals surface area (Å²) >= 11 is 5.83. The Hall–Kier alpha value is -1.77. The van der Waals surface area contributed by atoms with E-state index in [0.717, 1.165) is 11.1 Å². The summed E-state index contributed by atoms with van der Waals surface area (Å²) in [7, 11) is 0. The van der Waals surface area contributed by atoms with Crippen molar-refractivity contribution < 1.29 is 9.84 Å². The second kappa shape index (κ2) is 5.08. The smallest absolute Gasteiger partial charge is 0.147 e. The molecule has 0 aliphatic heterocycles. The van der Waals surface area contributed by atoms with E-state index in [4.69, 9.17) is 16.3 Å². The average Bonchev–Trinajstić information content (AvgIpc) is 2.45. The lowest BCUT2D eigenvalue weighted by Gasteiger charge is -2.26. The number of hydrogen-bond acceptors (Lipinski definition) is 2. The number of rotatable bonds is 2. The molecule has 3 rings (SSSR count). The Morgan fingerprint density at radius 2 is 1.74 bits per heavy atom. The fourth-order valence-electron chi connectivity index (χ4n) is 2.19. The Labute approximate surface area is 116 Å². The molecule has 0 aromatic heterocycles. The number of aliphatic hydroxyl groups is 1. The first-order valence-electron chi connectivity index (χ1n) is 6.11. The molecule has 2 aromatic carbocycles. The van der Waals surface area contributed by atoms with Crippen LogP contribution in [0, 0.1) is 0 Å². The van der Waals surface area contributed by atoms with E-state index in [0.29, 0.717) is 10.8 Å². The van der Waals surface area contributed by atoms with Crippen LogP contribution in [-0.2, 0) is 0 Å². The summed E-state index contributed by atoms with van der Waals surface area (Å²) in [5, 5.41) is 11.0. The molecule has 0 saturated carbocycles. The van der Waals surface area contributed by atoms with Crippen LogP contribution >= 0.6 is 11.6 Å². The van der Waals surface area contributed by atoms with E-state index in [9.17, 15) is 5.11 Å². The van der Waals surface area contributed by atoms with Gasteiger partial charge in [0.1, 0.15) is 18.0 Å². The Bertz CT molecular complexity index is 604. The highest BCUT2D eigenvalue weighted by Gasteiger charge is 2.25. The Balaban J connectivity index is 1.83. The number of fused-ring (bicyclic) bond motifs is 1. The third kappa shape index (κ3) is 2.50. The molecule has 0 bridgehead atoms. The van der Waals surface area contributed by atoms with Gasteiger partial charge in [0.25, 0.3) is 0 Å². The molecule has 0 fully saturated rings. The minimum absolute atomic E-state index is 0.379. The lowest BCUT2D eigenvalue weighted by molar-refractivity contribution is 0.0623. The third-order valence-electron chi connectivity index (χ3n) is 3.18. The maximum absolute atomic E-state index is 10.3. The fraction of sp³-hybridized carbons (Fsp3) is 0.125. The summed E-state index contributed by atoms with van der Waals surface area (Å²) in [6.07, 6.45) is 2.82. The Morgan fingerprint density at radius 3 is 2.53 bits per heavy atom. The average molecular weight is 273 g/mol. The molecular formula is C16H13ClO2. The molecule has 2 atom stereocenters. The zero-order valence-corrected chi connectivity index (χ0v) is 10.9. The molecule has 0 saturated heterocycles. The van der Waals surface area contributed by atoms with E-state index in [2.05, 4.69) is 0 Å². The number of hydrogen-bond donors (Lipinski definition) is 1. The van der Waals surface area contributed by atoms with Crippen LogP contribution < -0.4 is 4.74 Å². The maximum atomic E-state index is 10.3. The van der Waals surface area contributed by atoms with Crippen molar-refractivity contribution >= 4 is 17.7 Å². The molecular weight excluding hydrogens is 260 g/mol. The summed E-state index contributed by atoms with van der Waals surface area (Å²) in [6.45, 7) is 0. The predicted octanol–water partition coefficient (Wildman–Crippen LogP) is 3.85. The first-order chi connectivity index (χ1) is 9.24. The van der Waals surface area contributed by atoms with Crippen molar-refractivity contribution in [2.75, 3.05) is 0 Å². The van der Waals surface area contributed by atoms with Gasteiger partial charge in [0.2, 0.25) is 0 Å². The van der Waals surface area contributed by atoms with Crippen molar-refractivity contribution in [1.82, 2.24) is 0 Å². The van der Waals surface area contributed by atoms with E-state index in [-0.39, 0.29) is 6.10 Å². The highest BCUT2D eigenvalue weighted by atomic mass is 35.5. The molecule has 0 heterocycles. The highest BCUT2D eigenvalue weighted by Crippen LogP contribution is 2.30. The van der Waals surface area contributed by atoms with Crippen molar-refractivity contribution in [1.29, 1.82) is 0 Å². The van der Waals surface area contributed by atoms with E-state index in [1.165, 1.54) is 0 Å². The topological polar surface area (TPSA) is 29.5 Å². The molecule has 0 radical (unpaired) electrons. The van der Waals surface area contributed by atoms with Gasteiger partial charge < -0.3 is 9.84 Å². The van der Waals surface area contributed by atoms with E-state index in [1.807, 2.05) is 36.4 Å². The normalized spacial score (nSPS) is 20.9. The first-order valence-corrected chi connectivity index (χ1v) is 6.49. The minimum atomic E-state index is -0.656. The van der Waals surface area contributed by atoms with Gasteiger partial charge in [-0.15, -0.1) is 0 Å². The first kappa shape index (κ1) is 12.3. The van der Waals surface area contributed by atoms with Crippen LogP contribution in [0.15, 0.2) is 54.6 Å². The zero-order chi connectivity index (χ0) is 13.2. The number of ether oxygens (including phenoxy) is 1. The fourth-order valence-corrected chi connectivity index (χ4v) is 2.31. The van der Waals surface area contributed by atoms with Crippen molar-refractivity contribution in [2.24, 2.45) is 0 Å². The quantitative estimate of drug-likeness (QED) is 0.900. The second-order valence-electron chi connectivity index (χ2n) is 4.47. The van der Waals surface area contributed by atoms with Crippen LogP contribution in [0.2, 0.25) is 5.02 Å². The minimum Gasteiger partial charge on any atom is -0.483 e. The van der Waals surface area contributed by atoms with Gasteiger partial charge in [-0.2, -0.15) is 0 Å². The second-order valence-corrected chi connectivity index (χ2v) is 4.91. The molecule has 1 aliphatic carbocycles. The van der Waals surface area contributed by atoms with Gasteiger partial charge in [-0.05, 0) is 41.5 Å². The summed E-state index contributed by atoms with van der Waals surface area (Å²) in [5.74, 6) is 0.692. The third-order valence-corrected chi connectivity index (χ3v) is 3.43. The summed E-state index contributed by atoms with van der Waals surface area (Å²) in [6, 6.07) is 14.9. The lowest BCUT2D eigenvalue weighted by atomic mass is 9.93. The van der Waals surface area contributed by atoms with Gasteiger partial charge in [0.15, 0.2) is 0 Å². The van der Waals surface area contributed by atoms with Crippen LogP contribution in [0.4, 0.5) is 0 Å². The summed E-state index contributed by atoms with van der Waals surface area (Å²) in [4.78, 5) is 0. The zero-order valence-electron chi connectivity index (χ0n) is 10.2. The predicted molar refractivity (Wildman–Crippen MR) is 76.3 cm³/mol. The van der Waals surface area contributed by atoms with Gasteiger partial charge >= 0.3 is 0 Å². The van der Waals surface area contributed by atoms with Crippen molar-refractivity contribution in [3.8, 4) is 5.75 Å². The maximum Gasteiger partial charge on any atom is 0.147 e. The van der Waals surface area contributed by atoms with E-state index in [1.54, 1.807) is 24.3 Å². The van der Waals surface area contributed by atoms with Gasteiger partial charge in [0, 0.05) is 5.02 Å². The van der Waals surface area contributed by atoms with Crippen molar-refractivity contribution in [3.63, 3.8) is 0 Å². The summed E-state index contributed by atoms with van der Waals surface area (Å²) < 4.78 is 5.78. The standard InChI is InChI=1S/C16H13ClO2/c17-12-6-8-13(9-7-12)19-15-10-5-11-3-1-2-4-14(11)16(15)18/h1-10,15-16,18H/t15-,16-/m0/s1. The highest BCUT2D eigenvalue weighted by molar-refractivity contribution is 6.30. The molecule has 2 nitrogen and oxygen atoms in total. The lowest BCUT2D eigenvalue weighted by Crippen LogP contribution is -2.25. The van der Waals surface area contributed by atoms with Gasteiger partial charge in [-0.25, -0.2) is 0 Å². The molecule has 96 valence electrons. The van der Waals surface area contributed by atoms with Crippen LogP contribution in [0.1, 0.15) is 17.2 Å². The largest absolute Gasteiger partial charge is 0.483 e. The number of benzene rings is 2. The van der Waals surface area contributed by atoms with Gasteiger partial charge in [-0.1, -0.05) is 41.9 Å². The molecule has 0 unspecified atom stereocenters. The molecule has 3 heteroatoms. The summed E-state index contributed by atoms with van der Waals surface area (Å²) in [5.41, 5.74) is 1.93. The van der Waals surface area contributed by atoms with Gasteiger partial charge in [0.05, 0.1) is 0 Å². The van der Waals surface area contributed by atoms with Crippen LogP contribution in [0.25, 0.3) is 6.08 Å².